The maximum atomic E-state index is 14.9. The molecule has 4 aromatic rings. The second-order valence-corrected chi connectivity index (χ2v) is 10.5. The number of imide groups is 1. The van der Waals surface area contributed by atoms with Gasteiger partial charge in [-0.2, -0.15) is 0 Å². The van der Waals surface area contributed by atoms with E-state index in [-0.39, 0.29) is 19.1 Å². The second kappa shape index (κ2) is 11.6. The summed E-state index contributed by atoms with van der Waals surface area (Å²) in [6.45, 7) is 3.73. The number of hydrogen-bond acceptors (Lipinski definition) is 5. The van der Waals surface area contributed by atoms with Gasteiger partial charge in [0, 0.05) is 16.0 Å². The van der Waals surface area contributed by atoms with E-state index in [0.717, 1.165) is 5.56 Å². The number of carbonyl (C=O) groups is 2. The van der Waals surface area contributed by atoms with Gasteiger partial charge in [-0.05, 0) is 48.4 Å². The van der Waals surface area contributed by atoms with Crippen molar-refractivity contribution in [1.82, 2.24) is 20.2 Å². The number of imidazole rings is 1. The number of benzene rings is 3. The molecule has 3 atom stereocenters. The molecule has 1 fully saturated rings. The van der Waals surface area contributed by atoms with E-state index in [1.54, 1.807) is 43.3 Å². The van der Waals surface area contributed by atoms with E-state index in [1.165, 1.54) is 11.0 Å². The normalized spacial score (nSPS) is 16.6. The van der Waals surface area contributed by atoms with Crippen LogP contribution in [0.5, 0.6) is 5.75 Å². The molecule has 1 aliphatic rings. The Morgan fingerprint density at radius 1 is 1.10 bits per heavy atom. The molecule has 0 radical (unpaired) electrons. The van der Waals surface area contributed by atoms with Crippen molar-refractivity contribution in [2.24, 2.45) is 0 Å². The number of aromatic amines is 1. The zero-order chi connectivity index (χ0) is 28.4. The van der Waals surface area contributed by atoms with E-state index in [9.17, 15) is 14.0 Å². The van der Waals surface area contributed by atoms with Crippen molar-refractivity contribution in [3.05, 3.63) is 106 Å². The molecule has 3 N–H and O–H groups in total. The maximum Gasteiger partial charge on any atom is 0.325 e. The van der Waals surface area contributed by atoms with Gasteiger partial charge in [-0.15, -0.1) is 0 Å². The fraction of sp³-hybridized carbons (Fsp3) is 0.233. The van der Waals surface area contributed by atoms with Crippen molar-refractivity contribution < 1.29 is 23.8 Å². The number of halogens is 2. The molecule has 3 amide bonds. The Kier molecular flexibility index (Phi) is 7.99. The number of rotatable bonds is 9. The van der Waals surface area contributed by atoms with Gasteiger partial charge in [0.2, 0.25) is 0 Å². The minimum atomic E-state index is -0.899. The summed E-state index contributed by atoms with van der Waals surface area (Å²) >= 11 is 3.29. The number of aliphatic hydroxyl groups excluding tert-OH is 1. The van der Waals surface area contributed by atoms with Gasteiger partial charge in [-0.1, -0.05) is 65.3 Å². The first kappa shape index (κ1) is 27.5. The Bertz CT molecular complexity index is 1530. The van der Waals surface area contributed by atoms with E-state index in [0.29, 0.717) is 38.6 Å². The first-order valence-electron chi connectivity index (χ1n) is 12.8. The molecule has 1 aromatic heterocycles. The van der Waals surface area contributed by atoms with Gasteiger partial charge in [0.15, 0.2) is 0 Å². The fourth-order valence-corrected chi connectivity index (χ4v) is 5.34. The molecule has 10 heteroatoms. The summed E-state index contributed by atoms with van der Waals surface area (Å²) in [5.74, 6) is -0.269. The van der Waals surface area contributed by atoms with Crippen LogP contribution in [0.25, 0.3) is 11.3 Å². The Balaban J connectivity index is 1.53. The Morgan fingerprint density at radius 3 is 2.50 bits per heavy atom. The quantitative estimate of drug-likeness (QED) is 0.209. The van der Waals surface area contributed by atoms with Crippen LogP contribution in [0.3, 0.4) is 0 Å². The number of aryl methyl sites for hydroxylation is 1. The Hall–Kier alpha value is -4.02. The molecule has 1 aliphatic heterocycles. The summed E-state index contributed by atoms with van der Waals surface area (Å²) in [6, 6.07) is 18.9. The van der Waals surface area contributed by atoms with Crippen molar-refractivity contribution in [3.63, 3.8) is 0 Å². The van der Waals surface area contributed by atoms with Crippen molar-refractivity contribution in [2.45, 2.75) is 31.8 Å². The standard InChI is InChI=1S/C30H28BrFN4O4/c1-17(19-6-4-3-5-7-19)27(28-33-18(2)25(34-28)23-13-10-21(31)16-24(23)32)36-29(38)26(35-30(36)39)20-8-11-22(12-9-20)40-15-14-37/h3-13,16-17,26-27,37H,14-15H2,1-2H3,(H,33,34)(H,35,39)/t17-,26?,27-/m0/s1. The number of nitrogens with one attached hydrogen (secondary N) is 2. The van der Waals surface area contributed by atoms with E-state index in [2.05, 4.69) is 26.2 Å². The highest BCUT2D eigenvalue weighted by atomic mass is 79.9. The first-order valence-corrected chi connectivity index (χ1v) is 13.6. The predicted molar refractivity (Wildman–Crippen MR) is 151 cm³/mol. The highest BCUT2D eigenvalue weighted by Crippen LogP contribution is 2.40. The predicted octanol–water partition coefficient (Wildman–Crippen LogP) is 5.80. The lowest BCUT2D eigenvalue weighted by Crippen LogP contribution is -2.38. The summed E-state index contributed by atoms with van der Waals surface area (Å²) in [6.07, 6.45) is 0. The van der Waals surface area contributed by atoms with Gasteiger partial charge in [0.1, 0.15) is 36.1 Å². The summed E-state index contributed by atoms with van der Waals surface area (Å²) in [4.78, 5) is 36.4. The summed E-state index contributed by atoms with van der Waals surface area (Å²) in [5, 5.41) is 11.8. The molecule has 3 aromatic carbocycles. The summed E-state index contributed by atoms with van der Waals surface area (Å²) in [5.41, 5.74) is 2.86. The lowest BCUT2D eigenvalue weighted by Gasteiger charge is -2.29. The number of urea groups is 1. The van der Waals surface area contributed by atoms with Crippen LogP contribution in [0.15, 0.2) is 77.3 Å². The van der Waals surface area contributed by atoms with Crippen LogP contribution >= 0.6 is 15.9 Å². The van der Waals surface area contributed by atoms with Crippen molar-refractivity contribution in [3.8, 4) is 17.0 Å². The molecule has 8 nitrogen and oxygen atoms in total. The number of carbonyl (C=O) groups excluding carboxylic acids is 2. The van der Waals surface area contributed by atoms with Gasteiger partial charge in [-0.3, -0.25) is 9.69 Å². The van der Waals surface area contributed by atoms with Gasteiger partial charge in [0.25, 0.3) is 5.91 Å². The monoisotopic (exact) mass is 606 g/mol. The van der Waals surface area contributed by atoms with E-state index in [1.807, 2.05) is 37.3 Å². The van der Waals surface area contributed by atoms with Gasteiger partial charge >= 0.3 is 6.03 Å². The number of hydrogen-bond donors (Lipinski definition) is 3. The van der Waals surface area contributed by atoms with Crippen LogP contribution in [0.2, 0.25) is 0 Å². The minimum absolute atomic E-state index is 0.114. The third-order valence-electron chi connectivity index (χ3n) is 7.01. The number of H-pyrrole nitrogens is 1. The molecular weight excluding hydrogens is 579 g/mol. The Labute approximate surface area is 239 Å². The van der Waals surface area contributed by atoms with Gasteiger partial charge in [0.05, 0.1) is 18.0 Å². The second-order valence-electron chi connectivity index (χ2n) is 9.58. The van der Waals surface area contributed by atoms with E-state index >= 15 is 0 Å². The molecule has 2 heterocycles. The number of aliphatic hydroxyl groups is 1. The minimum Gasteiger partial charge on any atom is -0.491 e. The van der Waals surface area contributed by atoms with Crippen LogP contribution in [-0.4, -0.2) is 45.1 Å². The number of nitrogens with zero attached hydrogens (tertiary/aromatic N) is 2. The zero-order valence-corrected chi connectivity index (χ0v) is 23.5. The number of aromatic nitrogens is 2. The van der Waals surface area contributed by atoms with Crippen LogP contribution in [0.4, 0.5) is 9.18 Å². The van der Waals surface area contributed by atoms with Crippen LogP contribution < -0.4 is 10.1 Å². The highest BCUT2D eigenvalue weighted by Gasteiger charge is 2.46. The Morgan fingerprint density at radius 2 is 1.82 bits per heavy atom. The highest BCUT2D eigenvalue weighted by molar-refractivity contribution is 9.10. The van der Waals surface area contributed by atoms with E-state index in [4.69, 9.17) is 14.8 Å². The van der Waals surface area contributed by atoms with Gasteiger partial charge in [-0.25, -0.2) is 14.2 Å². The molecule has 1 saturated heterocycles. The van der Waals surface area contributed by atoms with Crippen molar-refractivity contribution in [1.29, 1.82) is 0 Å². The van der Waals surface area contributed by atoms with Crippen LogP contribution in [0.1, 0.15) is 47.6 Å². The molecule has 0 spiro atoms. The van der Waals surface area contributed by atoms with Crippen molar-refractivity contribution in [2.75, 3.05) is 13.2 Å². The molecule has 0 aliphatic carbocycles. The van der Waals surface area contributed by atoms with E-state index < -0.39 is 29.8 Å². The average Bonchev–Trinajstić information content (AvgIpc) is 3.47. The first-order chi connectivity index (χ1) is 19.3. The van der Waals surface area contributed by atoms with Crippen LogP contribution in [0, 0.1) is 12.7 Å². The third-order valence-corrected chi connectivity index (χ3v) is 7.50. The summed E-state index contributed by atoms with van der Waals surface area (Å²) in [7, 11) is 0. The average molecular weight is 607 g/mol. The number of amides is 3. The van der Waals surface area contributed by atoms with Gasteiger partial charge < -0.3 is 20.1 Å². The molecule has 0 saturated carbocycles. The third kappa shape index (κ3) is 5.37. The topological polar surface area (TPSA) is 108 Å². The zero-order valence-electron chi connectivity index (χ0n) is 21.9. The summed E-state index contributed by atoms with van der Waals surface area (Å²) < 4.78 is 20.9. The fourth-order valence-electron chi connectivity index (χ4n) is 5.00. The largest absolute Gasteiger partial charge is 0.491 e. The number of ether oxygens (including phenoxy) is 1. The smallest absolute Gasteiger partial charge is 0.325 e. The SMILES string of the molecule is Cc1nc([C@H]([C@@H](C)c2ccccc2)N2C(=O)NC(c3ccc(OCCO)cc3)C2=O)[nH]c1-c1ccc(Br)cc1F. The van der Waals surface area contributed by atoms with Crippen LogP contribution in [-0.2, 0) is 4.79 Å². The molecule has 5 rings (SSSR count). The molecule has 1 unspecified atom stereocenters. The lowest BCUT2D eigenvalue weighted by atomic mass is 9.91. The van der Waals surface area contributed by atoms with Crippen molar-refractivity contribution >= 4 is 27.9 Å². The molecule has 0 bridgehead atoms. The lowest BCUT2D eigenvalue weighted by molar-refractivity contribution is -0.129. The molecule has 206 valence electrons. The maximum absolute atomic E-state index is 14.9. The molecule has 40 heavy (non-hydrogen) atoms. The molecular formula is C30H28BrFN4O4.